The largest absolute Gasteiger partial charge is 0.496 e. The Morgan fingerprint density at radius 1 is 1.06 bits per heavy atom. The van der Waals surface area contributed by atoms with Gasteiger partial charge in [0.15, 0.2) is 0 Å². The summed E-state index contributed by atoms with van der Waals surface area (Å²) in [6, 6.07) is 17.5. The zero-order chi connectivity index (χ0) is 24.2. The number of halogens is 1. The van der Waals surface area contributed by atoms with Crippen LogP contribution in [0.25, 0.3) is 0 Å². The number of carbonyl (C=O) groups is 1. The number of ether oxygens (including phenoxy) is 2. The standard InChI is InChI=1S/C27H29ClN4O3/c1-34-23-10-6-5-9-20(23)17-24-29-22-11-12-32(27(33)25(28)19-7-3-2-4-8-19)18-21(22)26(30-24)31-13-15-35-16-14-31/h2-10,25H,11-18H2,1H3/t25-/m0/s1. The molecule has 1 aromatic heterocycles. The maximum Gasteiger partial charge on any atom is 0.245 e. The van der Waals surface area contributed by atoms with Crippen molar-refractivity contribution in [1.82, 2.24) is 14.9 Å². The number of para-hydroxylation sites is 1. The van der Waals surface area contributed by atoms with Gasteiger partial charge >= 0.3 is 0 Å². The van der Waals surface area contributed by atoms with E-state index < -0.39 is 5.38 Å². The van der Waals surface area contributed by atoms with Gasteiger partial charge in [-0.1, -0.05) is 48.5 Å². The average Bonchev–Trinajstić information content (AvgIpc) is 2.93. The lowest BCUT2D eigenvalue weighted by atomic mass is 10.0. The number of nitrogens with zero attached hydrogens (tertiary/aromatic N) is 4. The van der Waals surface area contributed by atoms with Gasteiger partial charge < -0.3 is 19.3 Å². The molecule has 1 atom stereocenters. The number of aromatic nitrogens is 2. The molecule has 5 rings (SSSR count). The molecule has 1 fully saturated rings. The first-order chi connectivity index (χ1) is 17.1. The van der Waals surface area contributed by atoms with Gasteiger partial charge in [0.05, 0.1) is 32.6 Å². The normalized spacial score (nSPS) is 16.5. The minimum Gasteiger partial charge on any atom is -0.496 e. The van der Waals surface area contributed by atoms with Crippen LogP contribution in [-0.2, 0) is 28.9 Å². The zero-order valence-electron chi connectivity index (χ0n) is 19.8. The van der Waals surface area contributed by atoms with Crippen LogP contribution < -0.4 is 9.64 Å². The van der Waals surface area contributed by atoms with Crippen molar-refractivity contribution in [3.8, 4) is 5.75 Å². The molecule has 2 aliphatic heterocycles. The van der Waals surface area contributed by atoms with E-state index in [0.717, 1.165) is 52.9 Å². The van der Waals surface area contributed by atoms with Crippen LogP contribution in [0.3, 0.4) is 0 Å². The van der Waals surface area contributed by atoms with Crippen molar-refractivity contribution < 1.29 is 14.3 Å². The highest BCUT2D eigenvalue weighted by atomic mass is 35.5. The summed E-state index contributed by atoms with van der Waals surface area (Å²) in [7, 11) is 1.68. The lowest BCUT2D eigenvalue weighted by Gasteiger charge is -2.35. The van der Waals surface area contributed by atoms with Crippen molar-refractivity contribution in [3.63, 3.8) is 0 Å². The number of amides is 1. The third-order valence-electron chi connectivity index (χ3n) is 6.56. The minimum absolute atomic E-state index is 0.0884. The molecule has 35 heavy (non-hydrogen) atoms. The molecule has 0 unspecified atom stereocenters. The fourth-order valence-corrected chi connectivity index (χ4v) is 4.98. The fraction of sp³-hybridized carbons (Fsp3) is 0.370. The van der Waals surface area contributed by atoms with Crippen LogP contribution >= 0.6 is 11.6 Å². The van der Waals surface area contributed by atoms with Crippen molar-refractivity contribution in [2.24, 2.45) is 0 Å². The number of methoxy groups -OCH3 is 1. The van der Waals surface area contributed by atoms with Gasteiger partial charge in [0.2, 0.25) is 5.91 Å². The van der Waals surface area contributed by atoms with Crippen LogP contribution in [-0.4, -0.2) is 60.7 Å². The Kier molecular flexibility index (Phi) is 7.16. The van der Waals surface area contributed by atoms with Gasteiger partial charge in [-0.25, -0.2) is 9.97 Å². The van der Waals surface area contributed by atoms with Gasteiger partial charge in [-0.3, -0.25) is 4.79 Å². The highest BCUT2D eigenvalue weighted by Crippen LogP contribution is 2.31. The van der Waals surface area contributed by atoms with Crippen LogP contribution in [0.15, 0.2) is 54.6 Å². The molecule has 7 nitrogen and oxygen atoms in total. The number of rotatable bonds is 6. The van der Waals surface area contributed by atoms with Crippen LogP contribution in [0.5, 0.6) is 5.75 Å². The van der Waals surface area contributed by atoms with Crippen molar-refractivity contribution in [3.05, 3.63) is 82.8 Å². The highest BCUT2D eigenvalue weighted by molar-refractivity contribution is 6.30. The molecule has 0 N–H and O–H groups in total. The summed E-state index contributed by atoms with van der Waals surface area (Å²) >= 11 is 6.59. The van der Waals surface area contributed by atoms with Crippen molar-refractivity contribution in [1.29, 1.82) is 0 Å². The summed E-state index contributed by atoms with van der Waals surface area (Å²) in [6.07, 6.45) is 1.24. The highest BCUT2D eigenvalue weighted by Gasteiger charge is 2.31. The topological polar surface area (TPSA) is 67.8 Å². The number of hydrogen-bond acceptors (Lipinski definition) is 6. The number of anilines is 1. The van der Waals surface area contributed by atoms with E-state index in [0.29, 0.717) is 39.1 Å². The Bertz CT molecular complexity index is 1180. The summed E-state index contributed by atoms with van der Waals surface area (Å²) in [5.41, 5.74) is 3.86. The summed E-state index contributed by atoms with van der Waals surface area (Å²) in [4.78, 5) is 27.3. The average molecular weight is 493 g/mol. The van der Waals surface area contributed by atoms with E-state index in [1.807, 2.05) is 59.5 Å². The smallest absolute Gasteiger partial charge is 0.245 e. The molecule has 3 heterocycles. The molecule has 182 valence electrons. The second kappa shape index (κ2) is 10.6. The summed E-state index contributed by atoms with van der Waals surface area (Å²) < 4.78 is 11.1. The summed E-state index contributed by atoms with van der Waals surface area (Å²) in [5.74, 6) is 2.39. The van der Waals surface area contributed by atoms with Gasteiger partial charge in [-0.15, -0.1) is 11.6 Å². The molecule has 0 aliphatic carbocycles. The molecule has 0 saturated carbocycles. The predicted molar refractivity (Wildman–Crippen MR) is 135 cm³/mol. The second-order valence-electron chi connectivity index (χ2n) is 8.76. The number of carbonyl (C=O) groups excluding carboxylic acids is 1. The molecule has 1 saturated heterocycles. The van der Waals surface area contributed by atoms with Crippen LogP contribution in [0.4, 0.5) is 5.82 Å². The van der Waals surface area contributed by atoms with Gasteiger partial charge in [-0.2, -0.15) is 0 Å². The predicted octanol–water partition coefficient (Wildman–Crippen LogP) is 3.78. The summed E-state index contributed by atoms with van der Waals surface area (Å²) in [5, 5.41) is -0.713. The number of benzene rings is 2. The van der Waals surface area contributed by atoms with Crippen molar-refractivity contribution in [2.45, 2.75) is 24.8 Å². The molecule has 0 spiro atoms. The Hall–Kier alpha value is -3.16. The van der Waals surface area contributed by atoms with E-state index >= 15 is 0 Å². The third kappa shape index (κ3) is 5.11. The van der Waals surface area contributed by atoms with Gasteiger partial charge in [0.25, 0.3) is 0 Å². The Morgan fingerprint density at radius 2 is 1.80 bits per heavy atom. The lowest BCUT2D eigenvalue weighted by molar-refractivity contribution is -0.131. The van der Waals surface area contributed by atoms with E-state index in [-0.39, 0.29) is 5.91 Å². The molecule has 0 bridgehead atoms. The first kappa shape index (κ1) is 23.6. The second-order valence-corrected chi connectivity index (χ2v) is 9.20. The van der Waals surface area contributed by atoms with Gasteiger partial charge in [0, 0.05) is 43.6 Å². The minimum atomic E-state index is -0.713. The molecular formula is C27H29ClN4O3. The molecule has 8 heteroatoms. The molecule has 2 aliphatic rings. The van der Waals surface area contributed by atoms with Gasteiger partial charge in [-0.05, 0) is 11.6 Å². The van der Waals surface area contributed by atoms with E-state index in [1.165, 1.54) is 0 Å². The number of morpholine rings is 1. The van der Waals surface area contributed by atoms with Crippen LogP contribution in [0.2, 0.25) is 0 Å². The number of alkyl halides is 1. The first-order valence-corrected chi connectivity index (χ1v) is 12.4. The van der Waals surface area contributed by atoms with Crippen molar-refractivity contribution >= 4 is 23.3 Å². The zero-order valence-corrected chi connectivity index (χ0v) is 20.6. The third-order valence-corrected chi connectivity index (χ3v) is 7.00. The van der Waals surface area contributed by atoms with E-state index in [4.69, 9.17) is 31.0 Å². The van der Waals surface area contributed by atoms with Gasteiger partial charge in [0.1, 0.15) is 22.8 Å². The number of hydrogen-bond donors (Lipinski definition) is 0. The molecule has 2 aromatic carbocycles. The monoisotopic (exact) mass is 492 g/mol. The number of fused-ring (bicyclic) bond motifs is 1. The lowest BCUT2D eigenvalue weighted by Crippen LogP contribution is -2.42. The summed E-state index contributed by atoms with van der Waals surface area (Å²) in [6.45, 7) is 3.85. The molecule has 1 amide bonds. The SMILES string of the molecule is COc1ccccc1Cc1nc2c(c(N3CCOCC3)n1)CN(C(=O)[C@@H](Cl)c1ccccc1)CC2. The van der Waals surface area contributed by atoms with Crippen LogP contribution in [0, 0.1) is 0 Å². The molecule has 0 radical (unpaired) electrons. The quantitative estimate of drug-likeness (QED) is 0.488. The Labute approximate surface area is 210 Å². The van der Waals surface area contributed by atoms with E-state index in [9.17, 15) is 4.79 Å². The Balaban J connectivity index is 1.45. The maximum atomic E-state index is 13.3. The Morgan fingerprint density at radius 3 is 2.57 bits per heavy atom. The molecular weight excluding hydrogens is 464 g/mol. The fourth-order valence-electron chi connectivity index (χ4n) is 4.69. The first-order valence-electron chi connectivity index (χ1n) is 11.9. The maximum absolute atomic E-state index is 13.3. The van der Waals surface area contributed by atoms with E-state index in [2.05, 4.69) is 4.90 Å². The van der Waals surface area contributed by atoms with E-state index in [1.54, 1.807) is 7.11 Å². The van der Waals surface area contributed by atoms with Crippen molar-refractivity contribution in [2.75, 3.05) is 44.9 Å². The van der Waals surface area contributed by atoms with Crippen LogP contribution in [0.1, 0.15) is 33.6 Å². The molecule has 3 aromatic rings.